The molecule has 1 N–H and O–H groups in total. The van der Waals surface area contributed by atoms with Crippen molar-refractivity contribution in [2.24, 2.45) is 5.92 Å². The molecule has 2 aliphatic carbocycles. The predicted molar refractivity (Wildman–Crippen MR) is 124 cm³/mol. The third-order valence-electron chi connectivity index (χ3n) is 6.39. The Morgan fingerprint density at radius 3 is 2.50 bits per heavy atom. The molecule has 2 fully saturated rings. The van der Waals surface area contributed by atoms with E-state index in [-0.39, 0.29) is 17.3 Å². The van der Waals surface area contributed by atoms with E-state index in [9.17, 15) is 13.2 Å². The predicted octanol–water partition coefficient (Wildman–Crippen LogP) is 4.04. The Morgan fingerprint density at radius 2 is 1.88 bits per heavy atom. The van der Waals surface area contributed by atoms with Crippen molar-refractivity contribution in [2.45, 2.75) is 63.4 Å². The lowest BCUT2D eigenvalue weighted by Crippen LogP contribution is -2.34. The molecule has 4 rings (SSSR count). The fourth-order valence-corrected chi connectivity index (χ4v) is 5.69. The van der Waals surface area contributed by atoms with E-state index in [2.05, 4.69) is 23.2 Å². The molecule has 1 aromatic heterocycles. The number of benzene rings is 1. The number of carbonyl (C=O) groups is 1. The third-order valence-corrected chi connectivity index (χ3v) is 8.43. The molecule has 7 nitrogen and oxygen atoms in total. The summed E-state index contributed by atoms with van der Waals surface area (Å²) in [5, 5.41) is 2.87. The van der Waals surface area contributed by atoms with E-state index < -0.39 is 10.0 Å². The first-order valence-corrected chi connectivity index (χ1v) is 13.0. The molecule has 32 heavy (non-hydrogen) atoms. The van der Waals surface area contributed by atoms with Crippen molar-refractivity contribution < 1.29 is 17.6 Å². The number of nitrogens with zero attached hydrogens (tertiary/aromatic N) is 2. The molecule has 2 unspecified atom stereocenters. The standard InChI is InChI=1S/C24H33N3O4S/c1-4-27(5-2)32(29,30)21-8-6-7-18(14-21)25-24(28)16-26(19-9-10-19)15-20-11-12-23(31-20)22-13-17(22)3/h6-8,11-12,14,17,19,22H,4-5,9-10,13,15-16H2,1-3H3,(H,25,28). The Hall–Kier alpha value is -2.16. The maximum atomic E-state index is 12.8. The van der Waals surface area contributed by atoms with E-state index in [4.69, 9.17) is 4.42 Å². The summed E-state index contributed by atoms with van der Waals surface area (Å²) in [6, 6.07) is 11.0. The monoisotopic (exact) mass is 459 g/mol. The summed E-state index contributed by atoms with van der Waals surface area (Å²) >= 11 is 0. The lowest BCUT2D eigenvalue weighted by atomic mass is 10.3. The van der Waals surface area contributed by atoms with Crippen molar-refractivity contribution in [2.75, 3.05) is 25.0 Å². The number of nitrogens with one attached hydrogen (secondary N) is 1. The van der Waals surface area contributed by atoms with Crippen molar-refractivity contribution in [1.29, 1.82) is 0 Å². The van der Waals surface area contributed by atoms with Crippen LogP contribution >= 0.6 is 0 Å². The van der Waals surface area contributed by atoms with Gasteiger partial charge in [0, 0.05) is 30.7 Å². The molecule has 2 aromatic rings. The van der Waals surface area contributed by atoms with Crippen molar-refractivity contribution in [3.63, 3.8) is 0 Å². The number of furan rings is 1. The maximum absolute atomic E-state index is 12.8. The Labute approximate surface area is 190 Å². The molecular formula is C24H33N3O4S. The van der Waals surface area contributed by atoms with Crippen LogP contribution in [0.2, 0.25) is 0 Å². The number of amides is 1. The van der Waals surface area contributed by atoms with Gasteiger partial charge in [-0.05, 0) is 55.5 Å². The lowest BCUT2D eigenvalue weighted by molar-refractivity contribution is -0.117. The first kappa shape index (κ1) is 23.0. The quantitative estimate of drug-likeness (QED) is 0.548. The number of hydrogen-bond donors (Lipinski definition) is 1. The van der Waals surface area contributed by atoms with Gasteiger partial charge >= 0.3 is 0 Å². The molecule has 2 saturated carbocycles. The summed E-state index contributed by atoms with van der Waals surface area (Å²) in [7, 11) is -3.57. The van der Waals surface area contributed by atoms with E-state index >= 15 is 0 Å². The van der Waals surface area contributed by atoms with Crippen LogP contribution in [0.25, 0.3) is 0 Å². The molecule has 0 spiro atoms. The second kappa shape index (κ2) is 9.37. The third kappa shape index (κ3) is 5.24. The average Bonchev–Trinajstić information content (AvgIpc) is 3.68. The minimum atomic E-state index is -3.57. The van der Waals surface area contributed by atoms with Crippen LogP contribution in [0.1, 0.15) is 57.5 Å². The van der Waals surface area contributed by atoms with Gasteiger partial charge < -0.3 is 9.73 Å². The largest absolute Gasteiger partial charge is 0.464 e. The molecule has 0 saturated heterocycles. The normalized spacial score (nSPS) is 20.7. The number of hydrogen-bond acceptors (Lipinski definition) is 5. The summed E-state index contributed by atoms with van der Waals surface area (Å²) in [4.78, 5) is 15.1. The first-order chi connectivity index (χ1) is 15.3. The van der Waals surface area contributed by atoms with E-state index in [0.717, 1.165) is 24.4 Å². The summed E-state index contributed by atoms with van der Waals surface area (Å²) in [6.07, 6.45) is 3.35. The van der Waals surface area contributed by atoms with Gasteiger partial charge in [-0.3, -0.25) is 9.69 Å². The van der Waals surface area contributed by atoms with Gasteiger partial charge in [-0.1, -0.05) is 26.8 Å². The van der Waals surface area contributed by atoms with Crippen LogP contribution in [0.5, 0.6) is 0 Å². The molecule has 1 amide bonds. The topological polar surface area (TPSA) is 82.9 Å². The van der Waals surface area contributed by atoms with Gasteiger partial charge in [-0.2, -0.15) is 4.31 Å². The number of rotatable bonds is 11. The fraction of sp³-hybridized carbons (Fsp3) is 0.542. The Bertz CT molecular complexity index is 1060. The highest BCUT2D eigenvalue weighted by atomic mass is 32.2. The summed E-state index contributed by atoms with van der Waals surface area (Å²) < 4.78 is 33.0. The van der Waals surface area contributed by atoms with Crippen LogP contribution < -0.4 is 5.32 Å². The SMILES string of the molecule is CCN(CC)S(=O)(=O)c1cccc(NC(=O)CN(Cc2ccc(C3CC3C)o2)C2CC2)c1. The minimum Gasteiger partial charge on any atom is -0.464 e. The molecule has 1 heterocycles. The molecule has 8 heteroatoms. The maximum Gasteiger partial charge on any atom is 0.243 e. The molecule has 2 aliphatic rings. The molecular weight excluding hydrogens is 426 g/mol. The average molecular weight is 460 g/mol. The zero-order valence-electron chi connectivity index (χ0n) is 19.1. The molecule has 0 aliphatic heterocycles. The zero-order chi connectivity index (χ0) is 22.9. The van der Waals surface area contributed by atoms with Crippen LogP contribution in [-0.4, -0.2) is 49.2 Å². The highest BCUT2D eigenvalue weighted by Gasteiger charge is 2.37. The van der Waals surface area contributed by atoms with Gasteiger partial charge in [-0.15, -0.1) is 0 Å². The van der Waals surface area contributed by atoms with Gasteiger partial charge in [0.15, 0.2) is 0 Å². The van der Waals surface area contributed by atoms with Crippen LogP contribution in [0.4, 0.5) is 5.69 Å². The second-order valence-electron chi connectivity index (χ2n) is 8.93. The van der Waals surface area contributed by atoms with Crippen molar-refractivity contribution in [1.82, 2.24) is 9.21 Å². The van der Waals surface area contributed by atoms with Crippen molar-refractivity contribution >= 4 is 21.6 Å². The molecule has 0 bridgehead atoms. The van der Waals surface area contributed by atoms with E-state index in [1.165, 1.54) is 16.8 Å². The highest BCUT2D eigenvalue weighted by Crippen LogP contribution is 2.47. The van der Waals surface area contributed by atoms with Crippen molar-refractivity contribution in [3.05, 3.63) is 47.9 Å². The molecule has 174 valence electrons. The van der Waals surface area contributed by atoms with Crippen LogP contribution in [0.15, 0.2) is 45.7 Å². The Morgan fingerprint density at radius 1 is 1.16 bits per heavy atom. The van der Waals surface area contributed by atoms with Crippen LogP contribution in [-0.2, 0) is 21.4 Å². The summed E-state index contributed by atoms with van der Waals surface area (Å²) in [6.45, 7) is 7.51. The molecule has 0 radical (unpaired) electrons. The fourth-order valence-electron chi connectivity index (χ4n) is 4.18. The van der Waals surface area contributed by atoms with Crippen LogP contribution in [0.3, 0.4) is 0 Å². The van der Waals surface area contributed by atoms with E-state index in [0.29, 0.717) is 43.2 Å². The van der Waals surface area contributed by atoms with Gasteiger partial charge in [0.1, 0.15) is 11.5 Å². The number of carbonyl (C=O) groups excluding carboxylic acids is 1. The van der Waals surface area contributed by atoms with Gasteiger partial charge in [-0.25, -0.2) is 8.42 Å². The van der Waals surface area contributed by atoms with Crippen molar-refractivity contribution in [3.8, 4) is 0 Å². The number of sulfonamides is 1. The van der Waals surface area contributed by atoms with E-state index in [1.54, 1.807) is 18.2 Å². The Kier molecular flexibility index (Phi) is 6.74. The molecule has 1 aromatic carbocycles. The van der Waals surface area contributed by atoms with E-state index in [1.807, 2.05) is 19.9 Å². The van der Waals surface area contributed by atoms with Gasteiger partial charge in [0.25, 0.3) is 0 Å². The smallest absolute Gasteiger partial charge is 0.243 e. The highest BCUT2D eigenvalue weighted by molar-refractivity contribution is 7.89. The summed E-state index contributed by atoms with van der Waals surface area (Å²) in [5.41, 5.74) is 0.488. The minimum absolute atomic E-state index is 0.156. The van der Waals surface area contributed by atoms with Gasteiger partial charge in [0.05, 0.1) is 18.0 Å². The lowest BCUT2D eigenvalue weighted by Gasteiger charge is -2.21. The Balaban J connectivity index is 1.39. The first-order valence-electron chi connectivity index (χ1n) is 11.5. The second-order valence-corrected chi connectivity index (χ2v) is 10.9. The zero-order valence-corrected chi connectivity index (χ0v) is 19.9. The van der Waals surface area contributed by atoms with Crippen LogP contribution in [0, 0.1) is 5.92 Å². The van der Waals surface area contributed by atoms with Gasteiger partial charge in [0.2, 0.25) is 15.9 Å². The number of anilines is 1. The summed E-state index contributed by atoms with van der Waals surface area (Å²) in [5.74, 6) is 3.03. The molecule has 2 atom stereocenters.